The van der Waals surface area contributed by atoms with Gasteiger partial charge in [-0.2, -0.15) is 0 Å². The monoisotopic (exact) mass is 234 g/mol. The summed E-state index contributed by atoms with van der Waals surface area (Å²) < 4.78 is 4.78. The van der Waals surface area contributed by atoms with E-state index in [2.05, 4.69) is 9.98 Å². The molecule has 4 N–H and O–H groups in total. The second-order valence-electron chi connectivity index (χ2n) is 3.02. The topological polar surface area (TPSA) is 104 Å². The summed E-state index contributed by atoms with van der Waals surface area (Å²) in [6.45, 7) is 1.98. The van der Waals surface area contributed by atoms with Gasteiger partial charge in [-0.3, -0.25) is 0 Å². The first-order valence-corrected chi connectivity index (χ1v) is 5.02. The second-order valence-corrected chi connectivity index (χ2v) is 3.02. The number of nitrogens with two attached hydrogens (primary N) is 2. The number of aromatic nitrogens is 1. The van der Waals surface area contributed by atoms with E-state index in [1.165, 1.54) is 6.21 Å². The zero-order valence-corrected chi connectivity index (χ0v) is 9.46. The molecular weight excluding hydrogens is 220 g/mol. The quantitative estimate of drug-likeness (QED) is 0.455. The third-order valence-corrected chi connectivity index (χ3v) is 1.83. The fourth-order valence-electron chi connectivity index (χ4n) is 1.03. The Morgan fingerprint density at radius 2 is 2.41 bits per heavy atom. The summed E-state index contributed by atoms with van der Waals surface area (Å²) in [6.07, 6.45) is 3.95. The lowest BCUT2D eigenvalue weighted by Crippen LogP contribution is -2.10. The van der Waals surface area contributed by atoms with Gasteiger partial charge in [-0.15, -0.1) is 0 Å². The highest BCUT2D eigenvalue weighted by atomic mass is 16.5. The Labute approximate surface area is 99.0 Å². The molecule has 90 valence electrons. The van der Waals surface area contributed by atoms with Crippen molar-refractivity contribution in [1.82, 2.24) is 4.98 Å². The molecule has 0 atom stereocenters. The number of carbonyl (C=O) groups excluding carboxylic acids is 1. The molecule has 1 heterocycles. The lowest BCUT2D eigenvalue weighted by molar-refractivity contribution is -0.137. The Kier molecular flexibility index (Phi) is 4.68. The first kappa shape index (κ1) is 12.7. The minimum Gasteiger partial charge on any atom is -0.462 e. The van der Waals surface area contributed by atoms with Crippen LogP contribution in [0.25, 0.3) is 0 Å². The molecule has 1 aromatic heterocycles. The van der Waals surface area contributed by atoms with Gasteiger partial charge in [0, 0.05) is 18.6 Å². The predicted octanol–water partition coefficient (Wildman–Crippen LogP) is 0.772. The highest BCUT2D eigenvalue weighted by Gasteiger charge is 2.07. The van der Waals surface area contributed by atoms with Gasteiger partial charge < -0.3 is 16.2 Å². The summed E-state index contributed by atoms with van der Waals surface area (Å²) in [5, 5.41) is 0. The molecule has 0 amide bonds. The summed E-state index contributed by atoms with van der Waals surface area (Å²) in [7, 11) is 0. The van der Waals surface area contributed by atoms with Crippen LogP contribution in [-0.2, 0) is 9.53 Å². The van der Waals surface area contributed by atoms with Crippen LogP contribution in [0.5, 0.6) is 0 Å². The highest BCUT2D eigenvalue weighted by Crippen LogP contribution is 2.16. The molecule has 6 nitrogen and oxygen atoms in total. The largest absolute Gasteiger partial charge is 0.462 e. The van der Waals surface area contributed by atoms with E-state index in [1.54, 1.807) is 25.3 Å². The predicted molar refractivity (Wildman–Crippen MR) is 65.7 cm³/mol. The van der Waals surface area contributed by atoms with Crippen LogP contribution in [0.2, 0.25) is 0 Å². The lowest BCUT2D eigenvalue weighted by atomic mass is 10.3. The van der Waals surface area contributed by atoms with Gasteiger partial charge in [-0.1, -0.05) is 0 Å². The Balaban J connectivity index is 2.83. The highest BCUT2D eigenvalue weighted by molar-refractivity contribution is 6.09. The molecule has 17 heavy (non-hydrogen) atoms. The normalized spacial score (nSPS) is 11.7. The Hall–Kier alpha value is -2.37. The van der Waals surface area contributed by atoms with Gasteiger partial charge in [-0.05, 0) is 19.1 Å². The summed E-state index contributed by atoms with van der Waals surface area (Å²) in [6, 6.07) is 3.36. The van der Waals surface area contributed by atoms with Crippen molar-refractivity contribution in [2.24, 2.45) is 10.7 Å². The van der Waals surface area contributed by atoms with Crippen molar-refractivity contribution < 1.29 is 9.53 Å². The molecule has 1 rings (SSSR count). The third kappa shape index (κ3) is 3.60. The molecule has 0 saturated heterocycles. The molecule has 0 aliphatic carbocycles. The zero-order valence-electron chi connectivity index (χ0n) is 9.46. The van der Waals surface area contributed by atoms with Crippen LogP contribution in [0.4, 0.5) is 11.5 Å². The first-order valence-electron chi connectivity index (χ1n) is 5.02. The number of nitrogens with zero attached hydrogens (tertiary/aromatic N) is 2. The molecular formula is C11H14N4O2. The second kappa shape index (κ2) is 6.26. The van der Waals surface area contributed by atoms with Crippen molar-refractivity contribution in [3.8, 4) is 0 Å². The molecule has 0 spiro atoms. The van der Waals surface area contributed by atoms with Gasteiger partial charge in [0.15, 0.2) is 5.82 Å². The maximum Gasteiger partial charge on any atom is 0.341 e. The Morgan fingerprint density at radius 3 is 3.00 bits per heavy atom. The molecule has 0 aliphatic rings. The Morgan fingerprint density at radius 1 is 1.65 bits per heavy atom. The van der Waals surface area contributed by atoms with E-state index < -0.39 is 5.97 Å². The van der Waals surface area contributed by atoms with Crippen LogP contribution in [0.15, 0.2) is 35.1 Å². The van der Waals surface area contributed by atoms with Gasteiger partial charge in [0.1, 0.15) is 0 Å². The fourth-order valence-corrected chi connectivity index (χ4v) is 1.03. The average Bonchev–Trinajstić information content (AvgIpc) is 2.32. The minimum atomic E-state index is -0.534. The van der Waals surface area contributed by atoms with Gasteiger partial charge in [0.05, 0.1) is 17.9 Å². The first-order chi connectivity index (χ1) is 8.19. The number of carbonyl (C=O) groups is 1. The summed E-state index contributed by atoms with van der Waals surface area (Å²) >= 11 is 0. The third-order valence-electron chi connectivity index (χ3n) is 1.83. The van der Waals surface area contributed by atoms with E-state index >= 15 is 0 Å². The van der Waals surface area contributed by atoms with Crippen molar-refractivity contribution >= 4 is 23.7 Å². The number of pyridine rings is 1. The number of rotatable bonds is 4. The van der Waals surface area contributed by atoms with Crippen LogP contribution >= 0.6 is 0 Å². The van der Waals surface area contributed by atoms with Crippen molar-refractivity contribution in [2.75, 3.05) is 12.3 Å². The molecule has 0 unspecified atom stereocenters. The zero-order chi connectivity index (χ0) is 12.7. The number of nitrogen functional groups attached to an aromatic ring is 1. The number of hydrogen-bond donors (Lipinski definition) is 2. The number of hydrogen-bond acceptors (Lipinski definition) is 6. The molecule has 0 bridgehead atoms. The van der Waals surface area contributed by atoms with Gasteiger partial charge in [0.25, 0.3) is 0 Å². The van der Waals surface area contributed by atoms with Crippen LogP contribution < -0.4 is 11.5 Å². The van der Waals surface area contributed by atoms with Crippen LogP contribution in [0.3, 0.4) is 0 Å². The van der Waals surface area contributed by atoms with Crippen molar-refractivity contribution in [2.45, 2.75) is 6.92 Å². The molecule has 0 aromatic carbocycles. The Bertz CT molecular complexity index is 455. The smallest absolute Gasteiger partial charge is 0.341 e. The maximum atomic E-state index is 11.4. The van der Waals surface area contributed by atoms with E-state index in [-0.39, 0.29) is 12.2 Å². The van der Waals surface area contributed by atoms with E-state index in [4.69, 9.17) is 16.2 Å². The van der Waals surface area contributed by atoms with Gasteiger partial charge in [0.2, 0.25) is 0 Å². The lowest BCUT2D eigenvalue weighted by Gasteiger charge is -2.01. The standard InChI is InChI=1S/C11H14N4O2/c1-2-17-11(16)8(6-12)7-15-10-9(13)4-3-5-14-10/h3-7H,2,12-13H2,1H3/b8-6+,15-7+. The van der Waals surface area contributed by atoms with Crippen LogP contribution in [-0.4, -0.2) is 23.8 Å². The molecule has 1 aromatic rings. The summed E-state index contributed by atoms with van der Waals surface area (Å²) in [5.41, 5.74) is 11.5. The number of ether oxygens (including phenoxy) is 1. The van der Waals surface area contributed by atoms with E-state index in [1.807, 2.05) is 0 Å². The minimum absolute atomic E-state index is 0.150. The number of anilines is 1. The number of aliphatic imine (C=N–C) groups is 1. The van der Waals surface area contributed by atoms with Crippen molar-refractivity contribution in [3.63, 3.8) is 0 Å². The SMILES string of the molecule is CCOC(=O)C(/C=N/c1ncccc1N)=C/N. The molecule has 0 radical (unpaired) electrons. The van der Waals surface area contributed by atoms with Crippen LogP contribution in [0, 0.1) is 0 Å². The van der Waals surface area contributed by atoms with Crippen molar-refractivity contribution in [3.05, 3.63) is 30.1 Å². The molecule has 0 saturated carbocycles. The van der Waals surface area contributed by atoms with E-state index in [0.29, 0.717) is 11.5 Å². The van der Waals surface area contributed by atoms with Gasteiger partial charge in [-0.25, -0.2) is 14.8 Å². The van der Waals surface area contributed by atoms with E-state index in [0.717, 1.165) is 6.20 Å². The molecule has 0 fully saturated rings. The fraction of sp³-hybridized carbons (Fsp3) is 0.182. The molecule has 0 aliphatic heterocycles. The van der Waals surface area contributed by atoms with Crippen LogP contribution in [0.1, 0.15) is 6.92 Å². The summed E-state index contributed by atoms with van der Waals surface area (Å²) in [5.74, 6) is -0.204. The maximum absolute atomic E-state index is 11.4. The van der Waals surface area contributed by atoms with Crippen molar-refractivity contribution in [1.29, 1.82) is 0 Å². The average molecular weight is 234 g/mol. The van der Waals surface area contributed by atoms with Gasteiger partial charge >= 0.3 is 5.97 Å². The summed E-state index contributed by atoms with van der Waals surface area (Å²) in [4.78, 5) is 19.3. The molecule has 6 heteroatoms. The number of esters is 1. The van der Waals surface area contributed by atoms with E-state index in [9.17, 15) is 4.79 Å².